The first-order valence-corrected chi connectivity index (χ1v) is 3.78. The van der Waals surface area contributed by atoms with Crippen molar-refractivity contribution < 1.29 is 4.79 Å². The number of carbonyl (C=O) groups is 1. The molecule has 1 aliphatic rings. The highest BCUT2D eigenvalue weighted by atomic mass is 16.2. The SMILES string of the molecule is CCN1CCN[C@H](C)C1=O. The fraction of sp³-hybridized carbons (Fsp3) is 0.857. The van der Waals surface area contributed by atoms with Gasteiger partial charge in [0.2, 0.25) is 5.91 Å². The van der Waals surface area contributed by atoms with Crippen LogP contribution in [0.3, 0.4) is 0 Å². The largest absolute Gasteiger partial charge is 0.340 e. The standard InChI is InChI=1S/C7H14N2O/c1-3-9-5-4-8-6(2)7(9)10/h6,8H,3-5H2,1-2H3/t6-/m1/s1. The number of amides is 1. The van der Waals surface area contributed by atoms with E-state index in [-0.39, 0.29) is 11.9 Å². The Morgan fingerprint density at radius 1 is 1.80 bits per heavy atom. The summed E-state index contributed by atoms with van der Waals surface area (Å²) in [4.78, 5) is 13.1. The third-order valence-electron chi connectivity index (χ3n) is 1.90. The molecule has 0 radical (unpaired) electrons. The van der Waals surface area contributed by atoms with Gasteiger partial charge in [-0.25, -0.2) is 0 Å². The van der Waals surface area contributed by atoms with Crippen molar-refractivity contribution in [3.05, 3.63) is 0 Å². The van der Waals surface area contributed by atoms with Crippen LogP contribution in [0.2, 0.25) is 0 Å². The average molecular weight is 142 g/mol. The van der Waals surface area contributed by atoms with Gasteiger partial charge in [0, 0.05) is 19.6 Å². The molecule has 1 rings (SSSR count). The fourth-order valence-corrected chi connectivity index (χ4v) is 1.20. The van der Waals surface area contributed by atoms with Crippen molar-refractivity contribution in [1.82, 2.24) is 10.2 Å². The van der Waals surface area contributed by atoms with Crippen LogP contribution in [0.5, 0.6) is 0 Å². The lowest BCUT2D eigenvalue weighted by Gasteiger charge is -2.30. The summed E-state index contributed by atoms with van der Waals surface area (Å²) in [6.45, 7) is 6.55. The first-order valence-electron chi connectivity index (χ1n) is 3.78. The highest BCUT2D eigenvalue weighted by molar-refractivity contribution is 5.82. The summed E-state index contributed by atoms with van der Waals surface area (Å²) in [5.74, 6) is 0.230. The molecule has 1 amide bonds. The Hall–Kier alpha value is -0.570. The zero-order valence-corrected chi connectivity index (χ0v) is 6.55. The highest BCUT2D eigenvalue weighted by Gasteiger charge is 2.22. The summed E-state index contributed by atoms with van der Waals surface area (Å²) in [5.41, 5.74) is 0. The molecule has 0 aromatic heterocycles. The molecule has 1 N–H and O–H groups in total. The Kier molecular flexibility index (Phi) is 2.27. The van der Waals surface area contributed by atoms with Gasteiger partial charge in [0.15, 0.2) is 0 Å². The summed E-state index contributed by atoms with van der Waals surface area (Å²) in [7, 11) is 0. The first-order chi connectivity index (χ1) is 4.75. The molecule has 0 spiro atoms. The number of nitrogens with zero attached hydrogens (tertiary/aromatic N) is 1. The minimum Gasteiger partial charge on any atom is -0.340 e. The van der Waals surface area contributed by atoms with E-state index in [1.165, 1.54) is 0 Å². The Morgan fingerprint density at radius 3 is 3.00 bits per heavy atom. The molecule has 0 aliphatic carbocycles. The van der Waals surface area contributed by atoms with E-state index in [1.807, 2.05) is 18.7 Å². The van der Waals surface area contributed by atoms with E-state index < -0.39 is 0 Å². The lowest BCUT2D eigenvalue weighted by atomic mass is 10.2. The van der Waals surface area contributed by atoms with Gasteiger partial charge in [-0.05, 0) is 13.8 Å². The van der Waals surface area contributed by atoms with Crippen molar-refractivity contribution in [3.63, 3.8) is 0 Å². The fourth-order valence-electron chi connectivity index (χ4n) is 1.20. The van der Waals surface area contributed by atoms with Crippen LogP contribution >= 0.6 is 0 Å². The third-order valence-corrected chi connectivity index (χ3v) is 1.90. The predicted molar refractivity (Wildman–Crippen MR) is 39.7 cm³/mol. The van der Waals surface area contributed by atoms with Gasteiger partial charge in [-0.1, -0.05) is 0 Å². The van der Waals surface area contributed by atoms with Crippen molar-refractivity contribution in [2.24, 2.45) is 0 Å². The molecule has 10 heavy (non-hydrogen) atoms. The summed E-state index contributed by atoms with van der Waals surface area (Å²) < 4.78 is 0. The van der Waals surface area contributed by atoms with E-state index in [9.17, 15) is 4.79 Å². The number of piperazine rings is 1. The second-order valence-electron chi connectivity index (χ2n) is 2.59. The van der Waals surface area contributed by atoms with Crippen molar-refractivity contribution in [2.45, 2.75) is 19.9 Å². The molecule has 58 valence electrons. The monoisotopic (exact) mass is 142 g/mol. The topological polar surface area (TPSA) is 32.3 Å². The van der Waals surface area contributed by atoms with Gasteiger partial charge in [0.05, 0.1) is 6.04 Å². The molecule has 1 fully saturated rings. The Balaban J connectivity index is 2.51. The number of hydrogen-bond acceptors (Lipinski definition) is 2. The van der Waals surface area contributed by atoms with Gasteiger partial charge < -0.3 is 10.2 Å². The summed E-state index contributed by atoms with van der Waals surface area (Å²) >= 11 is 0. The van der Waals surface area contributed by atoms with Gasteiger partial charge in [-0.2, -0.15) is 0 Å². The molecule has 1 atom stereocenters. The van der Waals surface area contributed by atoms with Crippen LogP contribution in [0.15, 0.2) is 0 Å². The van der Waals surface area contributed by atoms with E-state index in [0.717, 1.165) is 19.6 Å². The number of nitrogens with one attached hydrogen (secondary N) is 1. The normalized spacial score (nSPS) is 27.2. The smallest absolute Gasteiger partial charge is 0.239 e. The molecule has 3 nitrogen and oxygen atoms in total. The van der Waals surface area contributed by atoms with E-state index >= 15 is 0 Å². The molecule has 0 saturated carbocycles. The van der Waals surface area contributed by atoms with E-state index in [1.54, 1.807) is 0 Å². The van der Waals surface area contributed by atoms with Crippen molar-refractivity contribution in [1.29, 1.82) is 0 Å². The molecule has 0 unspecified atom stereocenters. The number of hydrogen-bond donors (Lipinski definition) is 1. The zero-order chi connectivity index (χ0) is 7.56. The van der Waals surface area contributed by atoms with Crippen LogP contribution in [-0.4, -0.2) is 36.5 Å². The molecular weight excluding hydrogens is 128 g/mol. The van der Waals surface area contributed by atoms with Crippen LogP contribution in [0.25, 0.3) is 0 Å². The average Bonchev–Trinajstić information content (AvgIpc) is 1.95. The molecule has 1 heterocycles. The Morgan fingerprint density at radius 2 is 2.50 bits per heavy atom. The number of rotatable bonds is 1. The third kappa shape index (κ3) is 1.29. The maximum absolute atomic E-state index is 11.2. The summed E-state index contributed by atoms with van der Waals surface area (Å²) in [6, 6.07) is 0.0219. The second-order valence-corrected chi connectivity index (χ2v) is 2.59. The van der Waals surface area contributed by atoms with Gasteiger partial charge in [-0.15, -0.1) is 0 Å². The molecule has 1 saturated heterocycles. The lowest BCUT2D eigenvalue weighted by Crippen LogP contribution is -2.53. The van der Waals surface area contributed by atoms with Crippen LogP contribution < -0.4 is 5.32 Å². The number of likely N-dealkylation sites (N-methyl/N-ethyl adjacent to an activating group) is 1. The maximum atomic E-state index is 11.2. The lowest BCUT2D eigenvalue weighted by molar-refractivity contribution is -0.134. The molecule has 1 aliphatic heterocycles. The molecule has 0 bridgehead atoms. The van der Waals surface area contributed by atoms with Crippen LogP contribution in [0.4, 0.5) is 0 Å². The Bertz CT molecular complexity index is 136. The van der Waals surface area contributed by atoms with E-state index in [4.69, 9.17) is 0 Å². The number of carbonyl (C=O) groups excluding carboxylic acids is 1. The second kappa shape index (κ2) is 3.01. The first kappa shape index (κ1) is 7.54. The van der Waals surface area contributed by atoms with E-state index in [0.29, 0.717) is 0 Å². The van der Waals surface area contributed by atoms with Crippen molar-refractivity contribution in [2.75, 3.05) is 19.6 Å². The molecule has 0 aromatic rings. The summed E-state index contributed by atoms with van der Waals surface area (Å²) in [5, 5.41) is 3.10. The van der Waals surface area contributed by atoms with E-state index in [2.05, 4.69) is 5.32 Å². The van der Waals surface area contributed by atoms with Crippen molar-refractivity contribution in [3.8, 4) is 0 Å². The van der Waals surface area contributed by atoms with Crippen LogP contribution in [0, 0.1) is 0 Å². The van der Waals surface area contributed by atoms with Crippen molar-refractivity contribution >= 4 is 5.91 Å². The summed E-state index contributed by atoms with van der Waals surface area (Å²) in [6.07, 6.45) is 0. The van der Waals surface area contributed by atoms with Crippen LogP contribution in [0.1, 0.15) is 13.8 Å². The minimum atomic E-state index is 0.0219. The quantitative estimate of drug-likeness (QED) is 0.551. The van der Waals surface area contributed by atoms with Gasteiger partial charge in [0.25, 0.3) is 0 Å². The maximum Gasteiger partial charge on any atom is 0.239 e. The van der Waals surface area contributed by atoms with Gasteiger partial charge >= 0.3 is 0 Å². The zero-order valence-electron chi connectivity index (χ0n) is 6.55. The van der Waals surface area contributed by atoms with Gasteiger partial charge in [-0.3, -0.25) is 4.79 Å². The Labute approximate surface area is 61.4 Å². The minimum absolute atomic E-state index is 0.0219. The molecular formula is C7H14N2O. The highest BCUT2D eigenvalue weighted by Crippen LogP contribution is 1.98. The van der Waals surface area contributed by atoms with Gasteiger partial charge in [0.1, 0.15) is 0 Å². The molecule has 3 heteroatoms. The van der Waals surface area contributed by atoms with Crippen LogP contribution in [-0.2, 0) is 4.79 Å². The molecule has 0 aromatic carbocycles. The predicted octanol–water partition coefficient (Wildman–Crippen LogP) is -0.173.